The molecule has 2 aromatic rings. The van der Waals surface area contributed by atoms with Crippen molar-refractivity contribution in [1.82, 2.24) is 0 Å². The monoisotopic (exact) mass is 320 g/mol. The van der Waals surface area contributed by atoms with Crippen LogP contribution in [0, 0.1) is 5.41 Å². The van der Waals surface area contributed by atoms with Crippen molar-refractivity contribution in [2.24, 2.45) is 5.73 Å². The molecule has 0 unspecified atom stereocenters. The number of thioether (sulfide) groups is 1. The quantitative estimate of drug-likeness (QED) is 0.590. The first kappa shape index (κ1) is 13.9. The molecule has 0 bridgehead atoms. The van der Waals surface area contributed by atoms with Crippen molar-refractivity contribution in [1.29, 1.82) is 5.41 Å². The zero-order valence-corrected chi connectivity index (χ0v) is 13.0. The molecule has 3 rings (SSSR count). The van der Waals surface area contributed by atoms with Crippen molar-refractivity contribution in [3.8, 4) is 0 Å². The van der Waals surface area contributed by atoms with E-state index in [1.807, 2.05) is 12.1 Å². The van der Waals surface area contributed by atoms with Gasteiger partial charge in [-0.15, -0.1) is 0 Å². The van der Waals surface area contributed by atoms with E-state index in [4.69, 9.17) is 22.7 Å². The molecule has 2 nitrogen and oxygen atoms in total. The van der Waals surface area contributed by atoms with Gasteiger partial charge in [0, 0.05) is 20.1 Å². The molecule has 1 aliphatic rings. The number of nitrogens with one attached hydrogen (secondary N) is 1. The Balaban J connectivity index is 2.11. The van der Waals surface area contributed by atoms with Gasteiger partial charge in [-0.2, -0.15) is 0 Å². The maximum atomic E-state index is 7.58. The minimum absolute atomic E-state index is 0.136. The van der Waals surface area contributed by atoms with Crippen molar-refractivity contribution < 1.29 is 0 Å². The van der Waals surface area contributed by atoms with Gasteiger partial charge in [0.1, 0.15) is 0 Å². The number of hydrogen-bond donors (Lipinski definition) is 2. The maximum absolute atomic E-state index is 7.58. The minimum Gasteiger partial charge on any atom is -0.379 e. The van der Waals surface area contributed by atoms with Gasteiger partial charge < -0.3 is 5.73 Å². The van der Waals surface area contributed by atoms with Crippen molar-refractivity contribution >= 4 is 40.3 Å². The molecule has 2 aromatic carbocycles. The lowest BCUT2D eigenvalue weighted by atomic mass is 10.0. The third kappa shape index (κ3) is 2.82. The molecular weight excluding hydrogens is 308 g/mol. The van der Waals surface area contributed by atoms with E-state index in [1.165, 1.54) is 32.7 Å². The summed E-state index contributed by atoms with van der Waals surface area (Å²) in [6.07, 6.45) is 0.862. The predicted octanol–water partition coefficient (Wildman–Crippen LogP) is 4.72. The molecule has 20 heavy (non-hydrogen) atoms. The molecule has 0 saturated heterocycles. The normalized spacial score (nSPS) is 16.9. The summed E-state index contributed by atoms with van der Waals surface area (Å²) in [6.45, 7) is 0. The Kier molecular flexibility index (Phi) is 3.96. The number of hydrogen-bond acceptors (Lipinski definition) is 3. The average molecular weight is 321 g/mol. The zero-order chi connectivity index (χ0) is 14.1. The Morgan fingerprint density at radius 3 is 2.85 bits per heavy atom. The standard InChI is InChI=1S/C15H13ClN2S2/c16-10-5-6-13-11(8-10)14(20-15(17)18)7-9-3-1-2-4-12(9)19-13/h1-6,8,14H,7H2,(H3,17,18)/t14-/m0/s1. The van der Waals surface area contributed by atoms with E-state index < -0.39 is 0 Å². The van der Waals surface area contributed by atoms with Crippen LogP contribution in [0.1, 0.15) is 16.4 Å². The summed E-state index contributed by atoms with van der Waals surface area (Å²) < 4.78 is 0. The Hall–Kier alpha value is -1.10. The van der Waals surface area contributed by atoms with Gasteiger partial charge >= 0.3 is 0 Å². The van der Waals surface area contributed by atoms with Crippen LogP contribution in [0.25, 0.3) is 0 Å². The van der Waals surface area contributed by atoms with Gasteiger partial charge in [-0.05, 0) is 41.8 Å². The molecule has 0 fully saturated rings. The Bertz CT molecular complexity index is 673. The Morgan fingerprint density at radius 1 is 1.25 bits per heavy atom. The van der Waals surface area contributed by atoms with Crippen LogP contribution in [0.5, 0.6) is 0 Å². The topological polar surface area (TPSA) is 49.9 Å². The molecule has 0 saturated carbocycles. The largest absolute Gasteiger partial charge is 0.379 e. The summed E-state index contributed by atoms with van der Waals surface area (Å²) in [7, 11) is 0. The van der Waals surface area contributed by atoms with Crippen molar-refractivity contribution in [3.05, 3.63) is 58.6 Å². The van der Waals surface area contributed by atoms with Gasteiger partial charge in [0.05, 0.1) is 0 Å². The van der Waals surface area contributed by atoms with E-state index in [1.54, 1.807) is 11.8 Å². The SMILES string of the molecule is N=C(N)S[C@H]1Cc2ccccc2Sc2ccc(Cl)cc21. The zero-order valence-electron chi connectivity index (χ0n) is 10.6. The number of benzene rings is 2. The number of halogens is 1. The molecule has 1 heterocycles. The van der Waals surface area contributed by atoms with Crippen LogP contribution in [0.2, 0.25) is 5.02 Å². The smallest absolute Gasteiger partial charge is 0.151 e. The number of amidine groups is 1. The lowest BCUT2D eigenvalue weighted by Crippen LogP contribution is -2.09. The second-order valence-corrected chi connectivity index (χ2v) is 7.33. The predicted molar refractivity (Wildman–Crippen MR) is 88.0 cm³/mol. The molecular formula is C15H13ClN2S2. The minimum atomic E-state index is 0.136. The second kappa shape index (κ2) is 5.72. The number of rotatable bonds is 1. The summed E-state index contributed by atoms with van der Waals surface area (Å²) in [4.78, 5) is 2.46. The van der Waals surface area contributed by atoms with Crippen molar-refractivity contribution in [3.63, 3.8) is 0 Å². The van der Waals surface area contributed by atoms with Gasteiger partial charge in [0.25, 0.3) is 0 Å². The molecule has 0 aromatic heterocycles. The molecule has 5 heteroatoms. The van der Waals surface area contributed by atoms with E-state index in [0.717, 1.165) is 11.4 Å². The van der Waals surface area contributed by atoms with Crippen molar-refractivity contribution in [2.45, 2.75) is 21.5 Å². The van der Waals surface area contributed by atoms with Crippen LogP contribution in [0.4, 0.5) is 0 Å². The molecule has 1 aliphatic heterocycles. The summed E-state index contributed by atoms with van der Waals surface area (Å²) in [5.74, 6) is 0. The van der Waals surface area contributed by atoms with E-state index in [9.17, 15) is 0 Å². The summed E-state index contributed by atoms with van der Waals surface area (Å²) in [5.41, 5.74) is 8.06. The molecule has 0 aliphatic carbocycles. The van der Waals surface area contributed by atoms with E-state index in [2.05, 4.69) is 30.3 Å². The van der Waals surface area contributed by atoms with E-state index >= 15 is 0 Å². The fourth-order valence-corrected chi connectivity index (χ4v) is 4.59. The maximum Gasteiger partial charge on any atom is 0.151 e. The number of nitrogens with two attached hydrogens (primary N) is 1. The first-order chi connectivity index (χ1) is 9.63. The van der Waals surface area contributed by atoms with E-state index in [-0.39, 0.29) is 10.4 Å². The van der Waals surface area contributed by atoms with Crippen LogP contribution < -0.4 is 5.73 Å². The molecule has 0 amide bonds. The summed E-state index contributed by atoms with van der Waals surface area (Å²) in [6, 6.07) is 14.4. The van der Waals surface area contributed by atoms with Gasteiger partial charge in [0.15, 0.2) is 5.17 Å². The lowest BCUT2D eigenvalue weighted by molar-refractivity contribution is 0.906. The third-order valence-electron chi connectivity index (χ3n) is 3.19. The fraction of sp³-hybridized carbons (Fsp3) is 0.133. The van der Waals surface area contributed by atoms with Gasteiger partial charge in [-0.25, -0.2) is 0 Å². The highest BCUT2D eigenvalue weighted by Gasteiger charge is 2.24. The van der Waals surface area contributed by atoms with Crippen LogP contribution in [-0.4, -0.2) is 5.17 Å². The highest BCUT2D eigenvalue weighted by Crippen LogP contribution is 2.46. The first-order valence-electron chi connectivity index (χ1n) is 6.19. The van der Waals surface area contributed by atoms with Crippen LogP contribution in [0.15, 0.2) is 52.3 Å². The molecule has 3 N–H and O–H groups in total. The molecule has 0 spiro atoms. The molecule has 102 valence electrons. The highest BCUT2D eigenvalue weighted by molar-refractivity contribution is 8.13. The van der Waals surface area contributed by atoms with Gasteiger partial charge in [-0.3, -0.25) is 5.41 Å². The second-order valence-electron chi connectivity index (χ2n) is 4.57. The first-order valence-corrected chi connectivity index (χ1v) is 8.27. The molecule has 0 radical (unpaired) electrons. The Labute approximate surface area is 131 Å². The lowest BCUT2D eigenvalue weighted by Gasteiger charge is -2.16. The van der Waals surface area contributed by atoms with Gasteiger partial charge in [-0.1, -0.05) is 53.3 Å². The number of fused-ring (bicyclic) bond motifs is 2. The van der Waals surface area contributed by atoms with Crippen LogP contribution in [0.3, 0.4) is 0 Å². The highest BCUT2D eigenvalue weighted by atomic mass is 35.5. The average Bonchev–Trinajstić information content (AvgIpc) is 2.55. The van der Waals surface area contributed by atoms with Crippen molar-refractivity contribution in [2.75, 3.05) is 0 Å². The van der Waals surface area contributed by atoms with Crippen LogP contribution >= 0.6 is 35.1 Å². The Morgan fingerprint density at radius 2 is 2.05 bits per heavy atom. The van der Waals surface area contributed by atoms with Gasteiger partial charge in [0.2, 0.25) is 0 Å². The van der Waals surface area contributed by atoms with Crippen LogP contribution in [-0.2, 0) is 6.42 Å². The molecule has 1 atom stereocenters. The third-order valence-corrected chi connectivity index (χ3v) is 5.59. The summed E-state index contributed by atoms with van der Waals surface area (Å²) in [5, 5.41) is 8.59. The van der Waals surface area contributed by atoms with E-state index in [0.29, 0.717) is 0 Å². The fourth-order valence-electron chi connectivity index (χ4n) is 2.32. The summed E-state index contributed by atoms with van der Waals surface area (Å²) >= 11 is 9.29.